The Balaban J connectivity index is 1.69. The molecular formula is C15H22N2O. The number of nitrogens with one attached hydrogen (secondary N) is 1. The van der Waals surface area contributed by atoms with Crippen molar-refractivity contribution in [3.63, 3.8) is 0 Å². The molecule has 98 valence electrons. The van der Waals surface area contributed by atoms with Crippen LogP contribution in [0.2, 0.25) is 0 Å². The van der Waals surface area contributed by atoms with Gasteiger partial charge in [-0.25, -0.2) is 4.98 Å². The molecule has 1 aromatic heterocycles. The van der Waals surface area contributed by atoms with E-state index in [9.17, 15) is 0 Å². The average molecular weight is 246 g/mol. The van der Waals surface area contributed by atoms with Crippen molar-refractivity contribution in [2.24, 2.45) is 11.8 Å². The van der Waals surface area contributed by atoms with Crippen molar-refractivity contribution in [1.82, 2.24) is 4.98 Å². The SMILES string of the molecule is CCCOc1cccnc1NC(C1CC1)C1CC1. The van der Waals surface area contributed by atoms with Crippen LogP contribution in [0.15, 0.2) is 18.3 Å². The summed E-state index contributed by atoms with van der Waals surface area (Å²) in [6.07, 6.45) is 8.40. The molecule has 3 rings (SSSR count). The van der Waals surface area contributed by atoms with E-state index in [-0.39, 0.29) is 0 Å². The van der Waals surface area contributed by atoms with Gasteiger partial charge >= 0.3 is 0 Å². The summed E-state index contributed by atoms with van der Waals surface area (Å²) >= 11 is 0. The molecule has 0 spiro atoms. The molecule has 1 heterocycles. The summed E-state index contributed by atoms with van der Waals surface area (Å²) in [4.78, 5) is 4.46. The predicted octanol–water partition coefficient (Wildman–Crippen LogP) is 3.47. The van der Waals surface area contributed by atoms with Crippen molar-refractivity contribution in [2.75, 3.05) is 11.9 Å². The maximum Gasteiger partial charge on any atom is 0.168 e. The van der Waals surface area contributed by atoms with Gasteiger partial charge in [-0.15, -0.1) is 0 Å². The highest BCUT2D eigenvalue weighted by atomic mass is 16.5. The lowest BCUT2D eigenvalue weighted by molar-refractivity contribution is 0.317. The van der Waals surface area contributed by atoms with Gasteiger partial charge in [-0.05, 0) is 56.1 Å². The van der Waals surface area contributed by atoms with Crippen LogP contribution in [0.3, 0.4) is 0 Å². The quantitative estimate of drug-likeness (QED) is 0.800. The molecule has 2 aliphatic carbocycles. The summed E-state index contributed by atoms with van der Waals surface area (Å²) < 4.78 is 5.76. The van der Waals surface area contributed by atoms with Crippen molar-refractivity contribution in [1.29, 1.82) is 0 Å². The highest BCUT2D eigenvalue weighted by molar-refractivity contribution is 5.50. The molecular weight excluding hydrogens is 224 g/mol. The molecule has 0 unspecified atom stereocenters. The van der Waals surface area contributed by atoms with Gasteiger partial charge in [-0.2, -0.15) is 0 Å². The van der Waals surface area contributed by atoms with Crippen LogP contribution in [-0.2, 0) is 0 Å². The fraction of sp³-hybridized carbons (Fsp3) is 0.667. The fourth-order valence-electron chi connectivity index (χ4n) is 2.52. The van der Waals surface area contributed by atoms with Crippen molar-refractivity contribution >= 4 is 5.82 Å². The zero-order valence-electron chi connectivity index (χ0n) is 11.1. The van der Waals surface area contributed by atoms with Gasteiger partial charge < -0.3 is 10.1 Å². The second-order valence-electron chi connectivity index (χ2n) is 5.54. The van der Waals surface area contributed by atoms with Gasteiger partial charge in [0, 0.05) is 12.2 Å². The molecule has 0 radical (unpaired) electrons. The van der Waals surface area contributed by atoms with Gasteiger partial charge in [0.15, 0.2) is 11.6 Å². The van der Waals surface area contributed by atoms with Gasteiger partial charge in [-0.3, -0.25) is 0 Å². The summed E-state index contributed by atoms with van der Waals surface area (Å²) in [6.45, 7) is 2.89. The molecule has 3 heteroatoms. The number of nitrogens with zero attached hydrogens (tertiary/aromatic N) is 1. The molecule has 18 heavy (non-hydrogen) atoms. The topological polar surface area (TPSA) is 34.1 Å². The first kappa shape index (κ1) is 11.8. The lowest BCUT2D eigenvalue weighted by atomic mass is 10.1. The molecule has 1 N–H and O–H groups in total. The van der Waals surface area contributed by atoms with E-state index in [4.69, 9.17) is 4.74 Å². The first-order valence-electron chi connectivity index (χ1n) is 7.23. The van der Waals surface area contributed by atoms with Crippen molar-refractivity contribution in [3.05, 3.63) is 18.3 Å². The van der Waals surface area contributed by atoms with Crippen LogP contribution in [0.1, 0.15) is 39.0 Å². The van der Waals surface area contributed by atoms with E-state index in [1.807, 2.05) is 18.3 Å². The first-order chi connectivity index (χ1) is 8.88. The maximum atomic E-state index is 5.76. The zero-order chi connectivity index (χ0) is 12.4. The molecule has 2 fully saturated rings. The molecule has 0 saturated heterocycles. The van der Waals surface area contributed by atoms with Crippen LogP contribution in [0.4, 0.5) is 5.82 Å². The van der Waals surface area contributed by atoms with E-state index in [1.54, 1.807) is 0 Å². The standard InChI is InChI=1S/C15H22N2O/c1-2-10-18-13-4-3-9-16-15(13)17-14(11-5-6-11)12-7-8-12/h3-4,9,11-12,14H,2,5-8,10H2,1H3,(H,16,17). The molecule has 1 aromatic rings. The Labute approximate surface area is 109 Å². The molecule has 0 bridgehead atoms. The highest BCUT2D eigenvalue weighted by Crippen LogP contribution is 2.46. The van der Waals surface area contributed by atoms with Crippen molar-refractivity contribution in [2.45, 2.75) is 45.1 Å². The normalized spacial score (nSPS) is 19.0. The van der Waals surface area contributed by atoms with Gasteiger partial charge in [0.05, 0.1) is 6.61 Å². The van der Waals surface area contributed by atoms with Gasteiger partial charge in [0.1, 0.15) is 0 Å². The van der Waals surface area contributed by atoms with Crippen LogP contribution in [0.25, 0.3) is 0 Å². The minimum Gasteiger partial charge on any atom is -0.490 e. The maximum absolute atomic E-state index is 5.76. The van der Waals surface area contributed by atoms with E-state index in [0.717, 1.165) is 36.4 Å². The van der Waals surface area contributed by atoms with Crippen LogP contribution in [-0.4, -0.2) is 17.6 Å². The predicted molar refractivity (Wildman–Crippen MR) is 72.9 cm³/mol. The third-order valence-electron chi connectivity index (χ3n) is 3.80. The number of pyridine rings is 1. The number of ether oxygens (including phenoxy) is 1. The summed E-state index contributed by atoms with van der Waals surface area (Å²) in [5.41, 5.74) is 0. The first-order valence-corrected chi connectivity index (χ1v) is 7.23. The summed E-state index contributed by atoms with van der Waals surface area (Å²) in [6, 6.07) is 4.59. The molecule has 2 aliphatic rings. The number of hydrogen-bond donors (Lipinski definition) is 1. The number of hydrogen-bond acceptors (Lipinski definition) is 3. The molecule has 2 saturated carbocycles. The number of rotatable bonds is 7. The Morgan fingerprint density at radius 1 is 1.33 bits per heavy atom. The number of aromatic nitrogens is 1. The van der Waals surface area contributed by atoms with Gasteiger partial charge in [0.2, 0.25) is 0 Å². The summed E-state index contributed by atoms with van der Waals surface area (Å²) in [5, 5.41) is 3.64. The van der Waals surface area contributed by atoms with E-state index in [1.165, 1.54) is 25.7 Å². The van der Waals surface area contributed by atoms with Crippen LogP contribution in [0, 0.1) is 11.8 Å². The Morgan fingerprint density at radius 2 is 2.06 bits per heavy atom. The van der Waals surface area contributed by atoms with E-state index in [0.29, 0.717) is 6.04 Å². The molecule has 0 aromatic carbocycles. The lowest BCUT2D eigenvalue weighted by Crippen LogP contribution is -2.25. The smallest absolute Gasteiger partial charge is 0.168 e. The largest absolute Gasteiger partial charge is 0.490 e. The minimum atomic E-state index is 0.629. The fourth-order valence-corrected chi connectivity index (χ4v) is 2.52. The molecule has 0 atom stereocenters. The number of anilines is 1. The lowest BCUT2D eigenvalue weighted by Gasteiger charge is -2.20. The monoisotopic (exact) mass is 246 g/mol. The minimum absolute atomic E-state index is 0.629. The van der Waals surface area contributed by atoms with Crippen LogP contribution >= 0.6 is 0 Å². The van der Waals surface area contributed by atoms with Crippen LogP contribution < -0.4 is 10.1 Å². The Morgan fingerprint density at radius 3 is 2.67 bits per heavy atom. The van der Waals surface area contributed by atoms with Crippen molar-refractivity contribution in [3.8, 4) is 5.75 Å². The Kier molecular flexibility index (Phi) is 3.39. The van der Waals surface area contributed by atoms with E-state index < -0.39 is 0 Å². The van der Waals surface area contributed by atoms with E-state index >= 15 is 0 Å². The third kappa shape index (κ3) is 2.77. The second kappa shape index (κ2) is 5.17. The Bertz CT molecular complexity index is 387. The summed E-state index contributed by atoms with van der Waals surface area (Å²) in [7, 11) is 0. The van der Waals surface area contributed by atoms with E-state index in [2.05, 4.69) is 17.2 Å². The Hall–Kier alpha value is -1.25. The van der Waals surface area contributed by atoms with Gasteiger partial charge in [0.25, 0.3) is 0 Å². The molecule has 0 aliphatic heterocycles. The summed E-state index contributed by atoms with van der Waals surface area (Å²) in [5.74, 6) is 3.59. The zero-order valence-corrected chi connectivity index (χ0v) is 11.1. The molecule has 0 amide bonds. The van der Waals surface area contributed by atoms with Crippen LogP contribution in [0.5, 0.6) is 5.75 Å². The van der Waals surface area contributed by atoms with Crippen molar-refractivity contribution < 1.29 is 4.74 Å². The average Bonchev–Trinajstić information content (AvgIpc) is 3.28. The third-order valence-corrected chi connectivity index (χ3v) is 3.80. The second-order valence-corrected chi connectivity index (χ2v) is 5.54. The highest BCUT2D eigenvalue weighted by Gasteiger charge is 2.41. The van der Waals surface area contributed by atoms with Gasteiger partial charge in [-0.1, -0.05) is 6.92 Å². The molecule has 3 nitrogen and oxygen atoms in total.